The molecule has 1 fully saturated rings. The molecule has 0 bridgehead atoms. The lowest BCUT2D eigenvalue weighted by Crippen LogP contribution is -2.47. The van der Waals surface area contributed by atoms with Crippen molar-refractivity contribution in [1.29, 1.82) is 0 Å². The van der Waals surface area contributed by atoms with Crippen molar-refractivity contribution in [2.75, 3.05) is 38.1 Å². The van der Waals surface area contributed by atoms with Gasteiger partial charge in [-0.1, -0.05) is 36.7 Å². The number of carbonyl (C=O) groups is 1. The smallest absolute Gasteiger partial charge is 0.225 e. The monoisotopic (exact) mass is 423 g/mol. The maximum atomic E-state index is 11.9. The standard InChI is InChI=1S/C19H30BrN5O/c1-19(2,3)17(26)22-10-11-23-18(21-4)24-15-9-12-25(13-15)16-7-5-14(20)6-8-16/h5-8,15H,9-13H2,1-4H3,(H,22,26)(H2,21,23,24). The summed E-state index contributed by atoms with van der Waals surface area (Å²) in [5.74, 6) is 0.834. The molecule has 0 aliphatic carbocycles. The Morgan fingerprint density at radius 1 is 1.23 bits per heavy atom. The molecule has 1 aromatic carbocycles. The molecular weight excluding hydrogens is 394 g/mol. The molecule has 0 spiro atoms. The van der Waals surface area contributed by atoms with Crippen LogP contribution in [0.1, 0.15) is 27.2 Å². The van der Waals surface area contributed by atoms with Crippen LogP contribution in [0, 0.1) is 5.41 Å². The third kappa shape index (κ3) is 6.20. The van der Waals surface area contributed by atoms with Crippen molar-refractivity contribution in [3.05, 3.63) is 28.7 Å². The minimum absolute atomic E-state index is 0.0585. The second-order valence-electron chi connectivity index (χ2n) is 7.56. The van der Waals surface area contributed by atoms with Crippen molar-refractivity contribution in [2.45, 2.75) is 33.2 Å². The number of benzene rings is 1. The van der Waals surface area contributed by atoms with Crippen LogP contribution >= 0.6 is 15.9 Å². The molecular formula is C19H30BrN5O. The SMILES string of the molecule is CN=C(NCCNC(=O)C(C)(C)C)NC1CCN(c2ccc(Br)cc2)C1. The molecule has 6 nitrogen and oxygen atoms in total. The summed E-state index contributed by atoms with van der Waals surface area (Å²) in [4.78, 5) is 18.5. The van der Waals surface area contributed by atoms with Crippen molar-refractivity contribution in [2.24, 2.45) is 10.4 Å². The van der Waals surface area contributed by atoms with E-state index in [1.165, 1.54) is 5.69 Å². The van der Waals surface area contributed by atoms with Crippen LogP contribution in [-0.2, 0) is 4.79 Å². The molecule has 1 saturated heterocycles. The van der Waals surface area contributed by atoms with Gasteiger partial charge in [-0.05, 0) is 30.7 Å². The van der Waals surface area contributed by atoms with E-state index < -0.39 is 0 Å². The van der Waals surface area contributed by atoms with Gasteiger partial charge in [-0.3, -0.25) is 9.79 Å². The summed E-state index contributed by atoms with van der Waals surface area (Å²) in [7, 11) is 1.77. The van der Waals surface area contributed by atoms with Crippen LogP contribution in [0.4, 0.5) is 5.69 Å². The third-order valence-electron chi connectivity index (χ3n) is 4.33. The molecule has 1 aromatic rings. The molecule has 2 rings (SSSR count). The fourth-order valence-electron chi connectivity index (χ4n) is 2.77. The van der Waals surface area contributed by atoms with E-state index in [2.05, 4.69) is 66.0 Å². The Kier molecular flexibility index (Phi) is 7.32. The maximum Gasteiger partial charge on any atom is 0.225 e. The van der Waals surface area contributed by atoms with E-state index in [9.17, 15) is 4.79 Å². The van der Waals surface area contributed by atoms with Crippen LogP contribution in [0.3, 0.4) is 0 Å². The number of anilines is 1. The molecule has 1 heterocycles. The summed E-state index contributed by atoms with van der Waals surface area (Å²) in [6.45, 7) is 8.92. The maximum absolute atomic E-state index is 11.9. The second-order valence-corrected chi connectivity index (χ2v) is 8.47. The number of hydrogen-bond donors (Lipinski definition) is 3. The molecule has 1 amide bonds. The van der Waals surface area contributed by atoms with E-state index in [1.54, 1.807) is 7.05 Å². The summed E-state index contributed by atoms with van der Waals surface area (Å²) >= 11 is 3.48. The van der Waals surface area contributed by atoms with E-state index >= 15 is 0 Å². The van der Waals surface area contributed by atoms with Gasteiger partial charge in [-0.2, -0.15) is 0 Å². The molecule has 7 heteroatoms. The lowest BCUT2D eigenvalue weighted by Gasteiger charge is -2.21. The number of hydrogen-bond acceptors (Lipinski definition) is 3. The van der Waals surface area contributed by atoms with E-state index in [-0.39, 0.29) is 11.3 Å². The lowest BCUT2D eigenvalue weighted by molar-refractivity contribution is -0.128. The zero-order chi connectivity index (χ0) is 19.2. The van der Waals surface area contributed by atoms with Crippen molar-refractivity contribution >= 4 is 33.5 Å². The highest BCUT2D eigenvalue weighted by Crippen LogP contribution is 2.22. The summed E-state index contributed by atoms with van der Waals surface area (Å²) in [6, 6.07) is 8.77. The highest BCUT2D eigenvalue weighted by atomic mass is 79.9. The number of aliphatic imine (C=N–C) groups is 1. The quantitative estimate of drug-likeness (QED) is 0.386. The molecule has 1 atom stereocenters. The molecule has 26 heavy (non-hydrogen) atoms. The Bertz CT molecular complexity index is 624. The van der Waals surface area contributed by atoms with Gasteiger partial charge in [0.15, 0.2) is 5.96 Å². The van der Waals surface area contributed by atoms with Gasteiger partial charge in [0.2, 0.25) is 5.91 Å². The van der Waals surface area contributed by atoms with Crippen LogP contribution in [0.2, 0.25) is 0 Å². The number of rotatable bonds is 5. The molecule has 1 aliphatic rings. The van der Waals surface area contributed by atoms with Gasteiger partial charge in [0, 0.05) is 54.8 Å². The predicted molar refractivity (Wildman–Crippen MR) is 112 cm³/mol. The molecule has 1 aliphatic heterocycles. The Hall–Kier alpha value is -1.76. The van der Waals surface area contributed by atoms with E-state index in [4.69, 9.17) is 0 Å². The number of nitrogens with zero attached hydrogens (tertiary/aromatic N) is 2. The molecule has 144 valence electrons. The van der Waals surface area contributed by atoms with Gasteiger partial charge in [-0.15, -0.1) is 0 Å². The third-order valence-corrected chi connectivity index (χ3v) is 4.86. The number of guanidine groups is 1. The van der Waals surface area contributed by atoms with Gasteiger partial charge in [0.05, 0.1) is 0 Å². The highest BCUT2D eigenvalue weighted by Gasteiger charge is 2.23. The van der Waals surface area contributed by atoms with Crippen LogP contribution in [-0.4, -0.2) is 51.1 Å². The molecule has 0 saturated carbocycles. The molecule has 0 aromatic heterocycles. The van der Waals surface area contributed by atoms with Gasteiger partial charge in [-0.25, -0.2) is 0 Å². The number of carbonyl (C=O) groups excluding carboxylic acids is 1. The zero-order valence-corrected chi connectivity index (χ0v) is 17.7. The van der Waals surface area contributed by atoms with E-state index in [1.807, 2.05) is 20.8 Å². The Morgan fingerprint density at radius 2 is 1.88 bits per heavy atom. The van der Waals surface area contributed by atoms with Crippen LogP contribution in [0.5, 0.6) is 0 Å². The van der Waals surface area contributed by atoms with Crippen LogP contribution in [0.15, 0.2) is 33.7 Å². The van der Waals surface area contributed by atoms with Gasteiger partial charge in [0.1, 0.15) is 0 Å². The van der Waals surface area contributed by atoms with Crippen molar-refractivity contribution in [1.82, 2.24) is 16.0 Å². The largest absolute Gasteiger partial charge is 0.369 e. The fraction of sp³-hybridized carbons (Fsp3) is 0.579. The summed E-state index contributed by atoms with van der Waals surface area (Å²) in [5, 5.41) is 9.67. The number of amides is 1. The van der Waals surface area contributed by atoms with Gasteiger partial charge < -0.3 is 20.9 Å². The average Bonchev–Trinajstić information content (AvgIpc) is 3.05. The first-order valence-corrected chi connectivity index (χ1v) is 9.85. The molecule has 3 N–H and O–H groups in total. The average molecular weight is 424 g/mol. The normalized spacial score (nSPS) is 18.0. The topological polar surface area (TPSA) is 68.8 Å². The molecule has 1 unspecified atom stereocenters. The highest BCUT2D eigenvalue weighted by molar-refractivity contribution is 9.10. The van der Waals surface area contributed by atoms with Crippen LogP contribution < -0.4 is 20.9 Å². The van der Waals surface area contributed by atoms with Crippen molar-refractivity contribution < 1.29 is 4.79 Å². The zero-order valence-electron chi connectivity index (χ0n) is 16.1. The van der Waals surface area contributed by atoms with Crippen LogP contribution in [0.25, 0.3) is 0 Å². The van der Waals surface area contributed by atoms with Crippen molar-refractivity contribution in [3.8, 4) is 0 Å². The number of halogens is 1. The minimum Gasteiger partial charge on any atom is -0.369 e. The molecule has 0 radical (unpaired) electrons. The first-order valence-electron chi connectivity index (χ1n) is 9.05. The Morgan fingerprint density at radius 3 is 2.50 bits per heavy atom. The van der Waals surface area contributed by atoms with E-state index in [0.29, 0.717) is 19.1 Å². The summed E-state index contributed by atoms with van der Waals surface area (Å²) in [5.41, 5.74) is 0.880. The first-order chi connectivity index (χ1) is 12.3. The Labute approximate surface area is 165 Å². The Balaban J connectivity index is 1.73. The summed E-state index contributed by atoms with van der Waals surface area (Å²) in [6.07, 6.45) is 1.07. The second kappa shape index (κ2) is 9.26. The van der Waals surface area contributed by atoms with E-state index in [0.717, 1.165) is 29.9 Å². The van der Waals surface area contributed by atoms with Gasteiger partial charge >= 0.3 is 0 Å². The van der Waals surface area contributed by atoms with Gasteiger partial charge in [0.25, 0.3) is 0 Å². The minimum atomic E-state index is -0.361. The summed E-state index contributed by atoms with van der Waals surface area (Å²) < 4.78 is 1.10. The van der Waals surface area contributed by atoms with Crippen molar-refractivity contribution in [3.63, 3.8) is 0 Å². The first kappa shape index (κ1) is 20.6. The fourth-order valence-corrected chi connectivity index (χ4v) is 3.04. The number of nitrogens with one attached hydrogen (secondary N) is 3. The lowest BCUT2D eigenvalue weighted by atomic mass is 9.96. The predicted octanol–water partition coefficient (Wildman–Crippen LogP) is 2.36.